The Morgan fingerprint density at radius 1 is 1.11 bits per heavy atom. The molecule has 0 saturated heterocycles. The second-order valence-electron chi connectivity index (χ2n) is 3.30. The highest BCUT2D eigenvalue weighted by Crippen LogP contribution is 2.46. The second-order valence-corrected chi connectivity index (χ2v) is 5.03. The number of hydrogen-bond donors (Lipinski definition) is 0. The van der Waals surface area contributed by atoms with Crippen molar-refractivity contribution < 1.29 is 18.3 Å². The highest BCUT2D eigenvalue weighted by Gasteiger charge is 2.19. The van der Waals surface area contributed by atoms with Gasteiger partial charge in [0, 0.05) is 11.2 Å². The Bertz CT molecular complexity index is 460. The van der Waals surface area contributed by atoms with Crippen LogP contribution in [0.1, 0.15) is 19.4 Å². The lowest BCUT2D eigenvalue weighted by molar-refractivity contribution is 0.230. The topological polar surface area (TPSA) is 44.8 Å². The van der Waals surface area contributed by atoms with Gasteiger partial charge < -0.3 is 4.74 Å². The summed E-state index contributed by atoms with van der Waals surface area (Å²) in [5, 5.41) is 0. The number of benzene rings is 1. The molecule has 1 rings (SSSR count). The summed E-state index contributed by atoms with van der Waals surface area (Å²) in [7, 11) is -1.70. The molecule has 0 saturated carbocycles. The first-order chi connectivity index (χ1) is 8.63. The van der Waals surface area contributed by atoms with Crippen molar-refractivity contribution >= 4 is 7.60 Å². The molecule has 0 heterocycles. The molecular formula is C13H17O4P. The van der Waals surface area contributed by atoms with Crippen LogP contribution < -0.4 is 4.74 Å². The molecule has 1 aromatic rings. The Kier molecular flexibility index (Phi) is 5.94. The van der Waals surface area contributed by atoms with Crippen molar-refractivity contribution in [1.29, 1.82) is 0 Å². The first-order valence-electron chi connectivity index (χ1n) is 5.70. The number of ether oxygens (including phenoxy) is 1. The third-order valence-corrected chi connectivity index (χ3v) is 3.61. The lowest BCUT2D eigenvalue weighted by Crippen LogP contribution is -1.93. The summed E-state index contributed by atoms with van der Waals surface area (Å²) in [6, 6.07) is 7.15. The molecular weight excluding hydrogens is 251 g/mol. The molecule has 0 aliphatic carbocycles. The van der Waals surface area contributed by atoms with E-state index in [0.717, 1.165) is 11.3 Å². The summed E-state index contributed by atoms with van der Waals surface area (Å²) in [4.78, 5) is 0. The largest absolute Gasteiger partial charge is 0.497 e. The first kappa shape index (κ1) is 14.8. The molecule has 1 aromatic carbocycles. The van der Waals surface area contributed by atoms with Crippen LogP contribution in [0.5, 0.6) is 5.75 Å². The molecule has 0 aliphatic heterocycles. The van der Waals surface area contributed by atoms with Gasteiger partial charge in [0.05, 0.1) is 20.3 Å². The van der Waals surface area contributed by atoms with Gasteiger partial charge in [-0.25, -0.2) is 4.57 Å². The highest BCUT2D eigenvalue weighted by atomic mass is 31.2. The smallest absolute Gasteiger partial charge is 0.405 e. The van der Waals surface area contributed by atoms with Crippen LogP contribution in [-0.4, -0.2) is 20.3 Å². The fraction of sp³-hybridized carbons (Fsp3) is 0.385. The molecule has 0 spiro atoms. The Labute approximate surface area is 108 Å². The third-order valence-electron chi connectivity index (χ3n) is 2.03. The van der Waals surface area contributed by atoms with Gasteiger partial charge >= 0.3 is 7.60 Å². The Morgan fingerprint density at radius 3 is 2.11 bits per heavy atom. The van der Waals surface area contributed by atoms with Crippen molar-refractivity contribution in [3.63, 3.8) is 0 Å². The maximum absolute atomic E-state index is 12.1. The fourth-order valence-corrected chi connectivity index (χ4v) is 2.40. The molecule has 5 heteroatoms. The van der Waals surface area contributed by atoms with Crippen molar-refractivity contribution in [2.45, 2.75) is 13.8 Å². The average molecular weight is 268 g/mol. The van der Waals surface area contributed by atoms with E-state index in [1.165, 1.54) is 0 Å². The zero-order valence-corrected chi connectivity index (χ0v) is 11.7. The first-order valence-corrected chi connectivity index (χ1v) is 7.24. The predicted octanol–water partition coefficient (Wildman–Crippen LogP) is 3.27. The van der Waals surface area contributed by atoms with Gasteiger partial charge in [-0.2, -0.15) is 0 Å². The van der Waals surface area contributed by atoms with Gasteiger partial charge in [-0.1, -0.05) is 5.92 Å². The van der Waals surface area contributed by atoms with E-state index in [2.05, 4.69) is 11.6 Å². The monoisotopic (exact) mass is 268 g/mol. The SMILES string of the molecule is CCOP(=O)(C#Cc1ccc(OC)cc1)OCC. The minimum Gasteiger partial charge on any atom is -0.497 e. The molecule has 0 aliphatic rings. The molecule has 98 valence electrons. The Balaban J connectivity index is 2.86. The third kappa shape index (κ3) is 4.54. The summed E-state index contributed by atoms with van der Waals surface area (Å²) >= 11 is 0. The van der Waals surface area contributed by atoms with Crippen molar-refractivity contribution in [3.8, 4) is 17.3 Å². The van der Waals surface area contributed by atoms with E-state index >= 15 is 0 Å². The summed E-state index contributed by atoms with van der Waals surface area (Å²) < 4.78 is 27.2. The zero-order valence-electron chi connectivity index (χ0n) is 10.8. The number of methoxy groups -OCH3 is 1. The molecule has 0 N–H and O–H groups in total. The fourth-order valence-electron chi connectivity index (χ4n) is 1.25. The van der Waals surface area contributed by atoms with Gasteiger partial charge in [0.2, 0.25) is 0 Å². The molecule has 0 fully saturated rings. The molecule has 0 radical (unpaired) electrons. The maximum Gasteiger partial charge on any atom is 0.405 e. The van der Waals surface area contributed by atoms with Crippen LogP contribution in [-0.2, 0) is 13.6 Å². The lowest BCUT2D eigenvalue weighted by Gasteiger charge is -2.09. The van der Waals surface area contributed by atoms with Crippen LogP contribution in [0.25, 0.3) is 0 Å². The van der Waals surface area contributed by atoms with Crippen LogP contribution in [0.4, 0.5) is 0 Å². The van der Waals surface area contributed by atoms with E-state index in [4.69, 9.17) is 13.8 Å². The average Bonchev–Trinajstić information content (AvgIpc) is 2.38. The summed E-state index contributed by atoms with van der Waals surface area (Å²) in [6.07, 6.45) is 0. The second kappa shape index (κ2) is 7.23. The van der Waals surface area contributed by atoms with E-state index in [9.17, 15) is 4.57 Å². The molecule has 0 amide bonds. The number of rotatable bonds is 5. The minimum absolute atomic E-state index is 0.300. The lowest BCUT2D eigenvalue weighted by atomic mass is 10.2. The minimum atomic E-state index is -3.30. The quantitative estimate of drug-likeness (QED) is 0.607. The van der Waals surface area contributed by atoms with Gasteiger partial charge in [0.15, 0.2) is 0 Å². The standard InChI is InChI=1S/C13H17O4P/c1-4-16-18(14,17-5-2)11-10-12-6-8-13(15-3)9-7-12/h6-9H,4-5H2,1-3H3. The van der Waals surface area contributed by atoms with Crippen LogP contribution >= 0.6 is 7.60 Å². The van der Waals surface area contributed by atoms with E-state index in [1.54, 1.807) is 45.2 Å². The van der Waals surface area contributed by atoms with Gasteiger partial charge in [0.25, 0.3) is 0 Å². The van der Waals surface area contributed by atoms with Crippen molar-refractivity contribution in [2.75, 3.05) is 20.3 Å². The van der Waals surface area contributed by atoms with Crippen LogP contribution in [0.3, 0.4) is 0 Å². The van der Waals surface area contributed by atoms with Crippen LogP contribution in [0, 0.1) is 11.6 Å². The van der Waals surface area contributed by atoms with E-state index in [0.29, 0.717) is 13.2 Å². The van der Waals surface area contributed by atoms with Crippen molar-refractivity contribution in [2.24, 2.45) is 0 Å². The van der Waals surface area contributed by atoms with Gasteiger partial charge in [0.1, 0.15) is 5.75 Å². The van der Waals surface area contributed by atoms with Crippen molar-refractivity contribution in [3.05, 3.63) is 29.8 Å². The molecule has 0 aromatic heterocycles. The molecule has 0 atom stereocenters. The summed E-state index contributed by atoms with van der Waals surface area (Å²) in [6.45, 7) is 4.10. The Hall–Kier alpha value is -1.27. The van der Waals surface area contributed by atoms with E-state index in [1.807, 2.05) is 0 Å². The predicted molar refractivity (Wildman–Crippen MR) is 70.7 cm³/mol. The van der Waals surface area contributed by atoms with Crippen LogP contribution in [0.2, 0.25) is 0 Å². The summed E-state index contributed by atoms with van der Waals surface area (Å²) in [5.41, 5.74) is 3.30. The van der Waals surface area contributed by atoms with E-state index < -0.39 is 7.60 Å². The van der Waals surface area contributed by atoms with Gasteiger partial charge in [-0.15, -0.1) is 0 Å². The molecule has 4 nitrogen and oxygen atoms in total. The maximum atomic E-state index is 12.1. The summed E-state index contributed by atoms with van der Waals surface area (Å²) in [5.74, 6) is 3.54. The van der Waals surface area contributed by atoms with Crippen molar-refractivity contribution in [1.82, 2.24) is 0 Å². The molecule has 0 bridgehead atoms. The molecule has 18 heavy (non-hydrogen) atoms. The normalized spacial score (nSPS) is 10.6. The number of hydrogen-bond acceptors (Lipinski definition) is 4. The molecule has 0 unspecified atom stereocenters. The Morgan fingerprint density at radius 2 is 1.67 bits per heavy atom. The van der Waals surface area contributed by atoms with E-state index in [-0.39, 0.29) is 0 Å². The zero-order chi connectivity index (χ0) is 13.4. The van der Waals surface area contributed by atoms with Crippen LogP contribution in [0.15, 0.2) is 24.3 Å². The van der Waals surface area contributed by atoms with Gasteiger partial charge in [-0.3, -0.25) is 9.05 Å². The van der Waals surface area contributed by atoms with Gasteiger partial charge in [-0.05, 0) is 38.1 Å². The highest BCUT2D eigenvalue weighted by molar-refractivity contribution is 7.59.